The molecule has 2 aromatic carbocycles. The summed E-state index contributed by atoms with van der Waals surface area (Å²) in [6.45, 7) is 4.81. The molecule has 1 heterocycles. The van der Waals surface area contributed by atoms with E-state index in [0.29, 0.717) is 44.7 Å². The lowest BCUT2D eigenvalue weighted by Crippen LogP contribution is -2.39. The summed E-state index contributed by atoms with van der Waals surface area (Å²) in [5.41, 5.74) is 2.41. The molecule has 5 nitrogen and oxygen atoms in total. The van der Waals surface area contributed by atoms with Crippen LogP contribution in [-0.4, -0.2) is 61.4 Å². The van der Waals surface area contributed by atoms with Gasteiger partial charge in [-0.3, -0.25) is 14.5 Å². The summed E-state index contributed by atoms with van der Waals surface area (Å²) in [4.78, 5) is 28.7. The number of nitrogens with one attached hydrogen (secondary N) is 1. The Morgan fingerprint density at radius 1 is 1.14 bits per heavy atom. The molecule has 0 aliphatic carbocycles. The number of carbonyl (C=O) groups is 2. The van der Waals surface area contributed by atoms with Crippen LogP contribution in [0.2, 0.25) is 0 Å². The number of halogens is 1. The average Bonchev–Trinajstić information content (AvgIpc) is 2.87. The monoisotopic (exact) mass is 397 g/mol. The van der Waals surface area contributed by atoms with E-state index in [4.69, 9.17) is 0 Å². The molecule has 1 saturated heterocycles. The normalized spacial score (nSPS) is 17.8. The van der Waals surface area contributed by atoms with Gasteiger partial charge in [-0.25, -0.2) is 4.39 Å². The molecule has 3 rings (SSSR count). The zero-order valence-electron chi connectivity index (χ0n) is 17.0. The van der Waals surface area contributed by atoms with Gasteiger partial charge in [0.2, 0.25) is 11.8 Å². The predicted octanol–water partition coefficient (Wildman–Crippen LogP) is 2.56. The van der Waals surface area contributed by atoms with Crippen molar-refractivity contribution in [1.82, 2.24) is 15.1 Å². The molecule has 0 aromatic heterocycles. The van der Waals surface area contributed by atoms with Gasteiger partial charge in [0.25, 0.3) is 0 Å². The van der Waals surface area contributed by atoms with Crippen molar-refractivity contribution in [3.8, 4) is 11.1 Å². The van der Waals surface area contributed by atoms with Crippen LogP contribution in [0.3, 0.4) is 0 Å². The number of likely N-dealkylation sites (N-methyl/N-ethyl adjacent to an activating group) is 2. The molecular formula is C23H28FN3O2. The van der Waals surface area contributed by atoms with E-state index < -0.39 is 0 Å². The molecule has 1 N–H and O–H groups in total. The Labute approximate surface area is 171 Å². The Morgan fingerprint density at radius 3 is 2.52 bits per heavy atom. The Kier molecular flexibility index (Phi) is 6.99. The van der Waals surface area contributed by atoms with Gasteiger partial charge in [0.15, 0.2) is 0 Å². The topological polar surface area (TPSA) is 52.6 Å². The number of rotatable bonds is 6. The molecule has 2 aromatic rings. The zero-order chi connectivity index (χ0) is 20.8. The second kappa shape index (κ2) is 9.65. The van der Waals surface area contributed by atoms with Gasteiger partial charge < -0.3 is 10.2 Å². The maximum absolute atomic E-state index is 14.0. The largest absolute Gasteiger partial charge is 0.358 e. The third-order valence-electron chi connectivity index (χ3n) is 5.47. The number of hydrogen-bond acceptors (Lipinski definition) is 3. The van der Waals surface area contributed by atoms with Crippen molar-refractivity contribution in [2.45, 2.75) is 13.3 Å². The van der Waals surface area contributed by atoms with Crippen molar-refractivity contribution in [3.63, 3.8) is 0 Å². The minimum atomic E-state index is -0.248. The van der Waals surface area contributed by atoms with Crippen LogP contribution in [0.25, 0.3) is 11.1 Å². The first kappa shape index (κ1) is 21.0. The SMILES string of the molecule is CCN1CCN(CC(=O)NC)CC(Cc2ccc(-c3ccccc3F)cc2)C1=O. The van der Waals surface area contributed by atoms with Crippen LogP contribution in [0, 0.1) is 11.7 Å². The summed E-state index contributed by atoms with van der Waals surface area (Å²) in [6, 6.07) is 14.4. The fraction of sp³-hybridized carbons (Fsp3) is 0.391. The molecular weight excluding hydrogens is 369 g/mol. The molecule has 154 valence electrons. The van der Waals surface area contributed by atoms with Crippen molar-refractivity contribution in [1.29, 1.82) is 0 Å². The van der Waals surface area contributed by atoms with Gasteiger partial charge in [-0.05, 0) is 30.5 Å². The number of hydrogen-bond donors (Lipinski definition) is 1. The van der Waals surface area contributed by atoms with Crippen LogP contribution < -0.4 is 5.32 Å². The van der Waals surface area contributed by atoms with Crippen LogP contribution >= 0.6 is 0 Å². The van der Waals surface area contributed by atoms with Crippen LogP contribution in [0.15, 0.2) is 48.5 Å². The van der Waals surface area contributed by atoms with Gasteiger partial charge in [-0.15, -0.1) is 0 Å². The van der Waals surface area contributed by atoms with Crippen LogP contribution in [0.1, 0.15) is 12.5 Å². The Morgan fingerprint density at radius 2 is 1.86 bits per heavy atom. The van der Waals surface area contributed by atoms with Crippen molar-refractivity contribution in [3.05, 3.63) is 59.9 Å². The minimum Gasteiger partial charge on any atom is -0.358 e. The lowest BCUT2D eigenvalue weighted by molar-refractivity contribution is -0.134. The molecule has 0 spiro atoms. The summed E-state index contributed by atoms with van der Waals surface area (Å²) < 4.78 is 14.0. The molecule has 0 saturated carbocycles. The first-order chi connectivity index (χ1) is 14.0. The average molecular weight is 397 g/mol. The molecule has 6 heteroatoms. The molecule has 1 aliphatic rings. The zero-order valence-corrected chi connectivity index (χ0v) is 17.0. The fourth-order valence-electron chi connectivity index (χ4n) is 3.80. The molecule has 1 unspecified atom stereocenters. The Balaban J connectivity index is 1.75. The van der Waals surface area contributed by atoms with Crippen LogP contribution in [0.5, 0.6) is 0 Å². The first-order valence-corrected chi connectivity index (χ1v) is 10.1. The van der Waals surface area contributed by atoms with E-state index >= 15 is 0 Å². The van der Waals surface area contributed by atoms with Gasteiger partial charge in [0.05, 0.1) is 12.5 Å². The number of nitrogens with zero attached hydrogens (tertiary/aromatic N) is 2. The maximum Gasteiger partial charge on any atom is 0.233 e. The molecule has 0 bridgehead atoms. The number of amides is 2. The molecule has 0 radical (unpaired) electrons. The lowest BCUT2D eigenvalue weighted by Gasteiger charge is -2.23. The maximum atomic E-state index is 14.0. The Hall–Kier alpha value is -2.73. The fourth-order valence-corrected chi connectivity index (χ4v) is 3.80. The van der Waals surface area contributed by atoms with E-state index in [-0.39, 0.29) is 23.5 Å². The molecule has 1 atom stereocenters. The standard InChI is InChI=1S/C23H28FN3O2/c1-3-27-13-12-26(16-22(28)25-2)15-19(23(27)29)14-17-8-10-18(11-9-17)20-6-4-5-7-21(20)24/h4-11,19H,3,12-16H2,1-2H3,(H,25,28). The molecule has 2 amide bonds. The smallest absolute Gasteiger partial charge is 0.233 e. The van der Waals surface area contributed by atoms with Crippen LogP contribution in [-0.2, 0) is 16.0 Å². The van der Waals surface area contributed by atoms with Crippen LogP contribution in [0.4, 0.5) is 4.39 Å². The highest BCUT2D eigenvalue weighted by Gasteiger charge is 2.30. The second-order valence-electron chi connectivity index (χ2n) is 7.40. The third kappa shape index (κ3) is 5.21. The van der Waals surface area contributed by atoms with Gasteiger partial charge in [0, 0.05) is 38.8 Å². The van der Waals surface area contributed by atoms with E-state index in [0.717, 1.165) is 11.1 Å². The van der Waals surface area contributed by atoms with Crippen molar-refractivity contribution >= 4 is 11.8 Å². The highest BCUT2D eigenvalue weighted by molar-refractivity contribution is 5.80. The van der Waals surface area contributed by atoms with Gasteiger partial charge in [-0.1, -0.05) is 42.5 Å². The van der Waals surface area contributed by atoms with Crippen molar-refractivity contribution in [2.75, 3.05) is 39.8 Å². The highest BCUT2D eigenvalue weighted by atomic mass is 19.1. The summed E-state index contributed by atoms with van der Waals surface area (Å²) in [6.07, 6.45) is 0.594. The summed E-state index contributed by atoms with van der Waals surface area (Å²) >= 11 is 0. The van der Waals surface area contributed by atoms with Crippen molar-refractivity contribution < 1.29 is 14.0 Å². The van der Waals surface area contributed by atoms with E-state index in [2.05, 4.69) is 5.32 Å². The first-order valence-electron chi connectivity index (χ1n) is 10.1. The highest BCUT2D eigenvalue weighted by Crippen LogP contribution is 2.24. The van der Waals surface area contributed by atoms with Crippen molar-refractivity contribution in [2.24, 2.45) is 5.92 Å². The molecule has 29 heavy (non-hydrogen) atoms. The Bertz CT molecular complexity index is 853. The quantitative estimate of drug-likeness (QED) is 0.815. The second-order valence-corrected chi connectivity index (χ2v) is 7.40. The molecule has 1 fully saturated rings. The lowest BCUT2D eigenvalue weighted by atomic mass is 9.95. The predicted molar refractivity (Wildman–Crippen MR) is 112 cm³/mol. The third-order valence-corrected chi connectivity index (χ3v) is 5.47. The number of carbonyl (C=O) groups excluding carboxylic acids is 2. The molecule has 1 aliphatic heterocycles. The minimum absolute atomic E-state index is 0.0459. The summed E-state index contributed by atoms with van der Waals surface area (Å²) in [5.74, 6) is -0.371. The van der Waals surface area contributed by atoms with E-state index in [9.17, 15) is 14.0 Å². The summed E-state index contributed by atoms with van der Waals surface area (Å²) in [7, 11) is 1.62. The van der Waals surface area contributed by atoms with E-state index in [1.807, 2.05) is 47.1 Å². The van der Waals surface area contributed by atoms with Gasteiger partial charge in [-0.2, -0.15) is 0 Å². The van der Waals surface area contributed by atoms with Gasteiger partial charge >= 0.3 is 0 Å². The van der Waals surface area contributed by atoms with E-state index in [1.165, 1.54) is 6.07 Å². The number of benzene rings is 2. The van der Waals surface area contributed by atoms with Gasteiger partial charge in [0.1, 0.15) is 5.82 Å². The van der Waals surface area contributed by atoms with E-state index in [1.54, 1.807) is 19.2 Å². The summed E-state index contributed by atoms with van der Waals surface area (Å²) in [5, 5.41) is 2.65.